The van der Waals surface area contributed by atoms with Crippen LogP contribution in [0.5, 0.6) is 0 Å². The molecule has 0 aliphatic rings. The highest BCUT2D eigenvalue weighted by Gasteiger charge is 2.17. The molecular formula is C12H22N4O3. The van der Waals surface area contributed by atoms with Crippen LogP contribution in [0.25, 0.3) is 0 Å². The van der Waals surface area contributed by atoms with Gasteiger partial charge in [-0.1, -0.05) is 0 Å². The fraction of sp³-hybridized carbons (Fsp3) is 0.667. The fourth-order valence-corrected chi connectivity index (χ4v) is 1.62. The Morgan fingerprint density at radius 2 is 2.00 bits per heavy atom. The largest absolute Gasteiger partial charge is 0.383 e. The summed E-state index contributed by atoms with van der Waals surface area (Å²) in [5, 5.41) is 0. The van der Waals surface area contributed by atoms with E-state index in [1.54, 1.807) is 36.2 Å². The first-order chi connectivity index (χ1) is 9.22. The fourth-order valence-electron chi connectivity index (χ4n) is 1.62. The first kappa shape index (κ1) is 15.6. The summed E-state index contributed by atoms with van der Waals surface area (Å²) in [7, 11) is 3.21. The lowest BCUT2D eigenvalue weighted by Gasteiger charge is -2.20. The van der Waals surface area contributed by atoms with E-state index in [0.29, 0.717) is 45.1 Å². The van der Waals surface area contributed by atoms with E-state index < -0.39 is 0 Å². The van der Waals surface area contributed by atoms with Crippen LogP contribution in [-0.2, 0) is 16.0 Å². The van der Waals surface area contributed by atoms with Crippen molar-refractivity contribution in [3.63, 3.8) is 0 Å². The predicted octanol–water partition coefficient (Wildman–Crippen LogP) is -0.423. The molecule has 1 amide bonds. The highest BCUT2D eigenvalue weighted by molar-refractivity contribution is 5.92. The molecule has 0 saturated carbocycles. The van der Waals surface area contributed by atoms with Crippen molar-refractivity contribution >= 4 is 5.91 Å². The number of carbonyl (C=O) groups excluding carboxylic acids is 1. The third kappa shape index (κ3) is 4.98. The molecule has 0 radical (unpaired) electrons. The Morgan fingerprint density at radius 1 is 1.37 bits per heavy atom. The van der Waals surface area contributed by atoms with Crippen molar-refractivity contribution in [1.29, 1.82) is 0 Å². The van der Waals surface area contributed by atoms with Gasteiger partial charge in [-0.3, -0.25) is 4.79 Å². The van der Waals surface area contributed by atoms with Gasteiger partial charge in [-0.05, 0) is 0 Å². The van der Waals surface area contributed by atoms with Gasteiger partial charge in [0, 0.05) is 46.6 Å². The second-order valence-corrected chi connectivity index (χ2v) is 4.06. The van der Waals surface area contributed by atoms with Gasteiger partial charge in [0.05, 0.1) is 19.5 Å². The molecule has 0 fully saturated rings. The first-order valence-electron chi connectivity index (χ1n) is 6.22. The molecule has 0 spiro atoms. The van der Waals surface area contributed by atoms with Crippen LogP contribution in [0.4, 0.5) is 0 Å². The Morgan fingerprint density at radius 3 is 2.53 bits per heavy atom. The van der Waals surface area contributed by atoms with E-state index in [2.05, 4.69) is 4.98 Å². The third-order valence-electron chi connectivity index (χ3n) is 2.66. The molecular weight excluding hydrogens is 248 g/mol. The molecule has 1 aromatic heterocycles. The summed E-state index contributed by atoms with van der Waals surface area (Å²) in [6.07, 6.45) is 3.33. The van der Waals surface area contributed by atoms with E-state index in [0.717, 1.165) is 0 Å². The van der Waals surface area contributed by atoms with Gasteiger partial charge >= 0.3 is 0 Å². The van der Waals surface area contributed by atoms with E-state index in [4.69, 9.17) is 15.2 Å². The first-order valence-corrected chi connectivity index (χ1v) is 6.22. The summed E-state index contributed by atoms with van der Waals surface area (Å²) in [5.41, 5.74) is 5.88. The Labute approximate surface area is 113 Å². The molecule has 7 nitrogen and oxygen atoms in total. The van der Waals surface area contributed by atoms with Crippen molar-refractivity contribution < 1.29 is 14.3 Å². The number of hydrogen-bond donors (Lipinski definition) is 1. The number of methoxy groups -OCH3 is 2. The maximum Gasteiger partial charge on any atom is 0.274 e. The van der Waals surface area contributed by atoms with Gasteiger partial charge in [-0.2, -0.15) is 0 Å². The molecule has 0 atom stereocenters. The Hall–Kier alpha value is -1.44. The summed E-state index contributed by atoms with van der Waals surface area (Å²) >= 11 is 0. The Kier molecular flexibility index (Phi) is 7.09. The van der Waals surface area contributed by atoms with Crippen LogP contribution >= 0.6 is 0 Å². The van der Waals surface area contributed by atoms with Gasteiger partial charge < -0.3 is 24.7 Å². The number of hydrogen-bond acceptors (Lipinski definition) is 5. The van der Waals surface area contributed by atoms with Crippen molar-refractivity contribution in [2.45, 2.75) is 6.54 Å². The average molecular weight is 270 g/mol. The lowest BCUT2D eigenvalue weighted by Crippen LogP contribution is -2.36. The molecule has 19 heavy (non-hydrogen) atoms. The van der Waals surface area contributed by atoms with Crippen molar-refractivity contribution in [3.8, 4) is 0 Å². The van der Waals surface area contributed by atoms with E-state index in [1.807, 2.05) is 0 Å². The number of imidazole rings is 1. The maximum atomic E-state index is 12.3. The zero-order valence-electron chi connectivity index (χ0n) is 11.5. The minimum Gasteiger partial charge on any atom is -0.383 e. The van der Waals surface area contributed by atoms with Crippen molar-refractivity contribution in [2.24, 2.45) is 5.73 Å². The zero-order valence-corrected chi connectivity index (χ0v) is 11.5. The summed E-state index contributed by atoms with van der Waals surface area (Å²) < 4.78 is 11.8. The number of nitrogens with zero attached hydrogens (tertiary/aromatic N) is 3. The number of rotatable bonds is 9. The Balaban J connectivity index is 2.66. The third-order valence-corrected chi connectivity index (χ3v) is 2.66. The minimum absolute atomic E-state index is 0.120. The quantitative estimate of drug-likeness (QED) is 0.659. The summed E-state index contributed by atoms with van der Waals surface area (Å²) in [6.45, 7) is 3.17. The number of nitrogens with two attached hydrogens (primary N) is 1. The lowest BCUT2D eigenvalue weighted by atomic mass is 10.3. The van der Waals surface area contributed by atoms with E-state index >= 15 is 0 Å². The van der Waals surface area contributed by atoms with Crippen LogP contribution in [-0.4, -0.2) is 67.4 Å². The standard InChI is InChI=1S/C12H22N4O3/c1-18-7-5-16(6-8-19-2)12(17)11-9-15(4-3-13)10-14-11/h9-10H,3-8,13H2,1-2H3. The van der Waals surface area contributed by atoms with Crippen LogP contribution < -0.4 is 5.73 Å². The smallest absolute Gasteiger partial charge is 0.274 e. The number of ether oxygens (including phenoxy) is 2. The van der Waals surface area contributed by atoms with Gasteiger partial charge in [-0.15, -0.1) is 0 Å². The van der Waals surface area contributed by atoms with Gasteiger partial charge in [0.25, 0.3) is 5.91 Å². The van der Waals surface area contributed by atoms with E-state index in [9.17, 15) is 4.79 Å². The number of carbonyl (C=O) groups is 1. The molecule has 0 bridgehead atoms. The van der Waals surface area contributed by atoms with Crippen LogP contribution in [0.2, 0.25) is 0 Å². The van der Waals surface area contributed by atoms with Gasteiger partial charge in [0.15, 0.2) is 0 Å². The molecule has 7 heteroatoms. The molecule has 0 unspecified atom stereocenters. The van der Waals surface area contributed by atoms with Crippen LogP contribution in [0.1, 0.15) is 10.5 Å². The van der Waals surface area contributed by atoms with Crippen molar-refractivity contribution in [3.05, 3.63) is 18.2 Å². The maximum absolute atomic E-state index is 12.3. The summed E-state index contributed by atoms with van der Waals surface area (Å²) in [5.74, 6) is -0.120. The molecule has 1 aromatic rings. The van der Waals surface area contributed by atoms with Gasteiger partial charge in [0.1, 0.15) is 5.69 Å². The zero-order chi connectivity index (χ0) is 14.1. The molecule has 0 saturated heterocycles. The predicted molar refractivity (Wildman–Crippen MR) is 70.9 cm³/mol. The number of aromatic nitrogens is 2. The lowest BCUT2D eigenvalue weighted by molar-refractivity contribution is 0.0622. The molecule has 0 aliphatic heterocycles. The van der Waals surface area contributed by atoms with Gasteiger partial charge in [0.2, 0.25) is 0 Å². The molecule has 1 rings (SSSR count). The van der Waals surface area contributed by atoms with E-state index in [1.165, 1.54) is 0 Å². The van der Waals surface area contributed by atoms with E-state index in [-0.39, 0.29) is 5.91 Å². The SMILES string of the molecule is COCCN(CCOC)C(=O)c1cn(CCN)cn1. The molecule has 1 heterocycles. The van der Waals surface area contributed by atoms with Crippen LogP contribution in [0, 0.1) is 0 Å². The van der Waals surface area contributed by atoms with Crippen LogP contribution in [0.15, 0.2) is 12.5 Å². The second-order valence-electron chi connectivity index (χ2n) is 4.06. The van der Waals surface area contributed by atoms with Crippen molar-refractivity contribution in [2.75, 3.05) is 47.1 Å². The highest BCUT2D eigenvalue weighted by atomic mass is 16.5. The molecule has 2 N–H and O–H groups in total. The summed E-state index contributed by atoms with van der Waals surface area (Å²) in [4.78, 5) is 18.1. The normalized spacial score (nSPS) is 10.7. The molecule has 108 valence electrons. The molecule has 0 aliphatic carbocycles. The number of amides is 1. The average Bonchev–Trinajstić information content (AvgIpc) is 2.87. The topological polar surface area (TPSA) is 82.6 Å². The monoisotopic (exact) mass is 270 g/mol. The Bertz CT molecular complexity index is 373. The minimum atomic E-state index is -0.120. The summed E-state index contributed by atoms with van der Waals surface area (Å²) in [6, 6.07) is 0. The van der Waals surface area contributed by atoms with Gasteiger partial charge in [-0.25, -0.2) is 4.98 Å². The van der Waals surface area contributed by atoms with Crippen molar-refractivity contribution in [1.82, 2.24) is 14.5 Å². The highest BCUT2D eigenvalue weighted by Crippen LogP contribution is 2.03. The second kappa shape index (κ2) is 8.63. The van der Waals surface area contributed by atoms with Crippen LogP contribution in [0.3, 0.4) is 0 Å². The molecule has 0 aromatic carbocycles.